The fourth-order valence-corrected chi connectivity index (χ4v) is 5.08. The van der Waals surface area contributed by atoms with Crippen molar-refractivity contribution in [2.45, 2.75) is 30.7 Å². The number of phenols is 2. The first-order chi connectivity index (χ1) is 16.6. The quantitative estimate of drug-likeness (QED) is 0.360. The molecule has 2 atom stereocenters. The second-order valence-corrected chi connectivity index (χ2v) is 8.86. The maximum absolute atomic E-state index is 13.9. The van der Waals surface area contributed by atoms with Crippen molar-refractivity contribution in [1.82, 2.24) is 5.32 Å². The number of phenolic OH excluding ortho intramolecular Hbond substituents is 2. The van der Waals surface area contributed by atoms with Crippen LogP contribution in [0.3, 0.4) is 0 Å². The van der Waals surface area contributed by atoms with Crippen molar-refractivity contribution in [2.75, 3.05) is 0 Å². The predicted octanol–water partition coefficient (Wildman–Crippen LogP) is 5.82. The molecule has 0 aliphatic heterocycles. The number of carbonyl (C=O) groups excluding carboxylic acids is 1. The Kier molecular flexibility index (Phi) is 6.05. The van der Waals surface area contributed by atoms with Crippen LogP contribution >= 0.6 is 0 Å². The molecule has 4 aromatic rings. The van der Waals surface area contributed by atoms with Gasteiger partial charge in [0.1, 0.15) is 11.5 Å². The van der Waals surface area contributed by atoms with E-state index in [0.717, 1.165) is 40.7 Å². The highest BCUT2D eigenvalue weighted by atomic mass is 16.3. The standard InChI is InChI=1S/C30H27NO3/c32-24-15-11-20(12-16-24)26-18-14-21-13-17-25(33)19-27(21)29(26)31-30(34)28(22-7-3-1-4-8-22)23-9-5-2-6-10-23/h1-13,15-17,19,26,28-29,32-33H,14,18H2,(H,31,34)/t26-,29-/m1/s1. The third kappa shape index (κ3) is 4.40. The first-order valence-electron chi connectivity index (χ1n) is 11.6. The van der Waals surface area contributed by atoms with Gasteiger partial charge in [0.25, 0.3) is 0 Å². The number of hydrogen-bond donors (Lipinski definition) is 3. The van der Waals surface area contributed by atoms with Crippen molar-refractivity contribution in [1.29, 1.82) is 0 Å². The van der Waals surface area contributed by atoms with Gasteiger partial charge in [0.15, 0.2) is 0 Å². The molecule has 3 N–H and O–H groups in total. The second-order valence-electron chi connectivity index (χ2n) is 8.86. The minimum Gasteiger partial charge on any atom is -0.508 e. The largest absolute Gasteiger partial charge is 0.508 e. The monoisotopic (exact) mass is 449 g/mol. The topological polar surface area (TPSA) is 69.6 Å². The number of aryl methyl sites for hydroxylation is 1. The van der Waals surface area contributed by atoms with Crippen LogP contribution in [0.25, 0.3) is 0 Å². The minimum absolute atomic E-state index is 0.0195. The summed E-state index contributed by atoms with van der Waals surface area (Å²) in [6.07, 6.45) is 1.71. The van der Waals surface area contributed by atoms with Gasteiger partial charge in [0.05, 0.1) is 12.0 Å². The van der Waals surface area contributed by atoms with Crippen LogP contribution in [0.15, 0.2) is 103 Å². The van der Waals surface area contributed by atoms with Gasteiger partial charge in [-0.05, 0) is 64.9 Å². The van der Waals surface area contributed by atoms with Crippen LogP contribution in [-0.2, 0) is 11.2 Å². The lowest BCUT2D eigenvalue weighted by Crippen LogP contribution is -2.38. The number of benzene rings is 4. The third-order valence-corrected chi connectivity index (χ3v) is 6.74. The van der Waals surface area contributed by atoms with Crippen molar-refractivity contribution in [3.05, 3.63) is 131 Å². The summed E-state index contributed by atoms with van der Waals surface area (Å²) in [7, 11) is 0. The van der Waals surface area contributed by atoms with Gasteiger partial charge in [0.2, 0.25) is 5.91 Å². The van der Waals surface area contributed by atoms with Crippen molar-refractivity contribution in [3.63, 3.8) is 0 Å². The maximum atomic E-state index is 13.9. The lowest BCUT2D eigenvalue weighted by Gasteiger charge is -2.36. The van der Waals surface area contributed by atoms with E-state index in [4.69, 9.17) is 0 Å². The van der Waals surface area contributed by atoms with Crippen LogP contribution < -0.4 is 5.32 Å². The van der Waals surface area contributed by atoms with Crippen molar-refractivity contribution in [3.8, 4) is 11.5 Å². The Hall–Kier alpha value is -4.05. The van der Waals surface area contributed by atoms with Crippen LogP contribution in [0, 0.1) is 0 Å². The van der Waals surface area contributed by atoms with E-state index in [1.54, 1.807) is 24.3 Å². The summed E-state index contributed by atoms with van der Waals surface area (Å²) in [6, 6.07) is 31.9. The summed E-state index contributed by atoms with van der Waals surface area (Å²) >= 11 is 0. The van der Waals surface area contributed by atoms with Crippen LogP contribution in [0.1, 0.15) is 52.1 Å². The number of nitrogens with one attached hydrogen (secondary N) is 1. The Morgan fingerprint density at radius 3 is 1.97 bits per heavy atom. The molecule has 0 bridgehead atoms. The molecular formula is C30H27NO3. The van der Waals surface area contributed by atoms with Gasteiger partial charge < -0.3 is 15.5 Å². The zero-order chi connectivity index (χ0) is 23.5. The molecule has 0 unspecified atom stereocenters. The highest BCUT2D eigenvalue weighted by Crippen LogP contribution is 2.43. The summed E-state index contributed by atoms with van der Waals surface area (Å²) in [5.41, 5.74) is 4.98. The first-order valence-corrected chi connectivity index (χ1v) is 11.6. The van der Waals surface area contributed by atoms with E-state index in [0.29, 0.717) is 0 Å². The molecule has 0 saturated heterocycles. The number of aromatic hydroxyl groups is 2. The van der Waals surface area contributed by atoms with E-state index in [-0.39, 0.29) is 29.4 Å². The Balaban J connectivity index is 1.55. The summed E-state index contributed by atoms with van der Waals surface area (Å²) in [5.74, 6) is -0.114. The zero-order valence-corrected chi connectivity index (χ0v) is 18.8. The molecule has 0 spiro atoms. The van der Waals surface area contributed by atoms with E-state index in [1.165, 1.54) is 0 Å². The van der Waals surface area contributed by atoms with E-state index in [2.05, 4.69) is 5.32 Å². The zero-order valence-electron chi connectivity index (χ0n) is 18.8. The molecule has 1 aliphatic carbocycles. The molecule has 0 fully saturated rings. The van der Waals surface area contributed by atoms with E-state index >= 15 is 0 Å². The van der Waals surface area contributed by atoms with Crippen molar-refractivity contribution >= 4 is 5.91 Å². The number of fused-ring (bicyclic) bond motifs is 1. The average molecular weight is 450 g/mol. The average Bonchev–Trinajstić information content (AvgIpc) is 2.86. The molecule has 0 saturated carbocycles. The van der Waals surface area contributed by atoms with Gasteiger partial charge in [-0.1, -0.05) is 78.9 Å². The van der Waals surface area contributed by atoms with Crippen LogP contribution in [-0.4, -0.2) is 16.1 Å². The molecular weight excluding hydrogens is 422 g/mol. The smallest absolute Gasteiger partial charge is 0.232 e. The normalized spacial score (nSPS) is 17.2. The number of rotatable bonds is 5. The number of amides is 1. The molecule has 1 aliphatic rings. The van der Waals surface area contributed by atoms with E-state index < -0.39 is 5.92 Å². The molecule has 0 radical (unpaired) electrons. The van der Waals surface area contributed by atoms with Crippen LogP contribution in [0.4, 0.5) is 0 Å². The highest BCUT2D eigenvalue weighted by Gasteiger charge is 2.34. The molecule has 4 aromatic carbocycles. The molecule has 34 heavy (non-hydrogen) atoms. The molecule has 4 nitrogen and oxygen atoms in total. The molecule has 0 aromatic heterocycles. The van der Waals surface area contributed by atoms with E-state index in [1.807, 2.05) is 78.9 Å². The molecule has 4 heteroatoms. The van der Waals surface area contributed by atoms with Gasteiger partial charge in [-0.3, -0.25) is 4.79 Å². The van der Waals surface area contributed by atoms with E-state index in [9.17, 15) is 15.0 Å². The SMILES string of the molecule is O=C(N[C@H]1c2cc(O)ccc2CC[C@@H]1c1ccc(O)cc1)C(c1ccccc1)c1ccccc1. The summed E-state index contributed by atoms with van der Waals surface area (Å²) < 4.78 is 0. The van der Waals surface area contributed by atoms with Gasteiger partial charge in [-0.15, -0.1) is 0 Å². The number of carbonyl (C=O) groups is 1. The molecule has 170 valence electrons. The maximum Gasteiger partial charge on any atom is 0.232 e. The third-order valence-electron chi connectivity index (χ3n) is 6.74. The summed E-state index contributed by atoms with van der Waals surface area (Å²) in [4.78, 5) is 13.9. The van der Waals surface area contributed by atoms with Crippen LogP contribution in [0.5, 0.6) is 11.5 Å². The predicted molar refractivity (Wildman–Crippen MR) is 133 cm³/mol. The number of hydrogen-bond acceptors (Lipinski definition) is 3. The lowest BCUT2D eigenvalue weighted by atomic mass is 9.75. The van der Waals surface area contributed by atoms with Crippen molar-refractivity contribution < 1.29 is 15.0 Å². The molecule has 1 amide bonds. The lowest BCUT2D eigenvalue weighted by molar-refractivity contribution is -0.122. The first kappa shape index (κ1) is 21.8. The van der Waals surface area contributed by atoms with Crippen molar-refractivity contribution in [2.24, 2.45) is 0 Å². The van der Waals surface area contributed by atoms with Gasteiger partial charge >= 0.3 is 0 Å². The summed E-state index contributed by atoms with van der Waals surface area (Å²) in [5, 5.41) is 23.4. The van der Waals surface area contributed by atoms with Gasteiger partial charge in [-0.25, -0.2) is 0 Å². The molecule has 5 rings (SSSR count). The second kappa shape index (κ2) is 9.44. The fourth-order valence-electron chi connectivity index (χ4n) is 5.08. The Bertz CT molecular complexity index is 1230. The van der Waals surface area contributed by atoms with Gasteiger partial charge in [0, 0.05) is 5.92 Å². The molecule has 0 heterocycles. The summed E-state index contributed by atoms with van der Waals surface area (Å²) in [6.45, 7) is 0. The Morgan fingerprint density at radius 1 is 0.765 bits per heavy atom. The Morgan fingerprint density at radius 2 is 1.35 bits per heavy atom. The van der Waals surface area contributed by atoms with Gasteiger partial charge in [-0.2, -0.15) is 0 Å². The fraction of sp³-hybridized carbons (Fsp3) is 0.167. The van der Waals surface area contributed by atoms with Crippen LogP contribution in [0.2, 0.25) is 0 Å². The highest BCUT2D eigenvalue weighted by molar-refractivity contribution is 5.87. The Labute approximate surface area is 199 Å². The minimum atomic E-state index is -0.453.